The Morgan fingerprint density at radius 3 is 3.09 bits per heavy atom. The van der Waals surface area contributed by atoms with E-state index in [0.717, 1.165) is 0 Å². The third-order valence-corrected chi connectivity index (χ3v) is 3.52. The first kappa shape index (κ1) is 14.6. The number of nitrogens with two attached hydrogens (primary N) is 1. The standard InChI is InChI=1S/C10H14N8O4/c11-10(16-17-12)14-8-7(9(21)15-10)13-3-18(8)6-1-4(20)5(2-19)22-6/h3-6,14,19-20H,1-2,11H2,(H,15,21)/t4-,5+,6+,10?/m0/s1. The molecule has 12 heteroatoms. The van der Waals surface area contributed by atoms with E-state index in [4.69, 9.17) is 21.1 Å². The Labute approximate surface area is 123 Å². The van der Waals surface area contributed by atoms with Gasteiger partial charge >= 0.3 is 0 Å². The number of azide groups is 1. The number of rotatable bonds is 3. The van der Waals surface area contributed by atoms with Crippen LogP contribution >= 0.6 is 0 Å². The highest BCUT2D eigenvalue weighted by Crippen LogP contribution is 2.33. The summed E-state index contributed by atoms with van der Waals surface area (Å²) in [5, 5.41) is 27.2. The zero-order valence-electron chi connectivity index (χ0n) is 11.2. The van der Waals surface area contributed by atoms with Gasteiger partial charge in [-0.05, 0) is 10.6 Å². The number of hydrogen-bond donors (Lipinski definition) is 5. The number of aromatic nitrogens is 2. The van der Waals surface area contributed by atoms with Crippen LogP contribution in [0.2, 0.25) is 0 Å². The van der Waals surface area contributed by atoms with Crippen LogP contribution in [0.15, 0.2) is 11.4 Å². The van der Waals surface area contributed by atoms with Gasteiger partial charge in [-0.2, -0.15) is 0 Å². The van der Waals surface area contributed by atoms with Crippen LogP contribution in [0.5, 0.6) is 0 Å². The SMILES string of the molecule is [N-]=[N+]=NC1(N)NC(=O)c2ncn([C@H]3C[C@H](O)[C@@H](CO)O3)c2N1. The quantitative estimate of drug-likeness (QED) is 0.257. The predicted octanol–water partition coefficient (Wildman–Crippen LogP) is -1.44. The fourth-order valence-corrected chi connectivity index (χ4v) is 2.48. The molecule has 0 saturated carbocycles. The van der Waals surface area contributed by atoms with Crippen LogP contribution < -0.4 is 16.4 Å². The molecule has 22 heavy (non-hydrogen) atoms. The molecule has 1 aromatic heterocycles. The smallest absolute Gasteiger partial charge is 0.276 e. The summed E-state index contributed by atoms with van der Waals surface area (Å²) in [6, 6.07) is 0. The lowest BCUT2D eigenvalue weighted by atomic mass is 10.2. The van der Waals surface area contributed by atoms with E-state index in [1.54, 1.807) is 0 Å². The molecule has 2 aliphatic heterocycles. The monoisotopic (exact) mass is 310 g/mol. The van der Waals surface area contributed by atoms with Gasteiger partial charge < -0.3 is 25.6 Å². The Bertz CT molecular complexity index is 655. The molecule has 1 aromatic rings. The molecule has 3 heterocycles. The van der Waals surface area contributed by atoms with Crippen molar-refractivity contribution >= 4 is 11.7 Å². The molecule has 0 bridgehead atoms. The summed E-state index contributed by atoms with van der Waals surface area (Å²) in [4.78, 5) is 18.5. The maximum Gasteiger partial charge on any atom is 0.276 e. The van der Waals surface area contributed by atoms with Crippen molar-refractivity contribution in [1.29, 1.82) is 0 Å². The Hall–Kier alpha value is -2.37. The number of carbonyl (C=O) groups excluding carboxylic acids is 1. The molecule has 4 atom stereocenters. The molecule has 1 saturated heterocycles. The average molecular weight is 310 g/mol. The second kappa shape index (κ2) is 5.12. The van der Waals surface area contributed by atoms with Crippen LogP contribution in [0.25, 0.3) is 10.4 Å². The normalized spacial score (nSPS) is 33.6. The van der Waals surface area contributed by atoms with Gasteiger partial charge in [-0.25, -0.2) is 4.98 Å². The molecule has 2 aliphatic rings. The first-order chi connectivity index (χ1) is 10.5. The second-order valence-electron chi connectivity index (χ2n) is 5.00. The van der Waals surface area contributed by atoms with E-state index in [1.165, 1.54) is 10.9 Å². The molecular formula is C10H14N8O4. The zero-order chi connectivity index (χ0) is 15.9. The van der Waals surface area contributed by atoms with Gasteiger partial charge in [-0.1, -0.05) is 0 Å². The Morgan fingerprint density at radius 2 is 2.45 bits per heavy atom. The number of imidazole rings is 1. The first-order valence-electron chi connectivity index (χ1n) is 6.44. The minimum Gasteiger partial charge on any atom is -0.394 e. The summed E-state index contributed by atoms with van der Waals surface area (Å²) in [7, 11) is 0. The summed E-state index contributed by atoms with van der Waals surface area (Å²) < 4.78 is 6.96. The van der Waals surface area contributed by atoms with Gasteiger partial charge in [0.1, 0.15) is 18.1 Å². The van der Waals surface area contributed by atoms with E-state index in [9.17, 15) is 9.90 Å². The van der Waals surface area contributed by atoms with Gasteiger partial charge in [0.05, 0.1) is 19.0 Å². The molecule has 3 rings (SSSR count). The number of amides is 1. The molecule has 1 unspecified atom stereocenters. The maximum absolute atomic E-state index is 12.0. The van der Waals surface area contributed by atoms with Crippen molar-refractivity contribution < 1.29 is 19.7 Å². The highest BCUT2D eigenvalue weighted by Gasteiger charge is 2.40. The summed E-state index contributed by atoms with van der Waals surface area (Å²) in [6.07, 6.45) is -0.658. The van der Waals surface area contributed by atoms with E-state index in [-0.39, 0.29) is 24.5 Å². The lowest BCUT2D eigenvalue weighted by Gasteiger charge is -2.32. The van der Waals surface area contributed by atoms with E-state index < -0.39 is 30.3 Å². The lowest BCUT2D eigenvalue weighted by molar-refractivity contribution is -0.0438. The topological polar surface area (TPSA) is 183 Å². The van der Waals surface area contributed by atoms with Gasteiger partial charge in [0.25, 0.3) is 5.91 Å². The number of aliphatic hydroxyl groups excluding tert-OH is 2. The second-order valence-corrected chi connectivity index (χ2v) is 5.00. The molecule has 118 valence electrons. The lowest BCUT2D eigenvalue weighted by Crippen LogP contribution is -2.62. The highest BCUT2D eigenvalue weighted by atomic mass is 16.5. The number of ether oxygens (including phenoxy) is 1. The molecular weight excluding hydrogens is 296 g/mol. The number of anilines is 1. The molecule has 6 N–H and O–H groups in total. The third kappa shape index (κ3) is 2.24. The van der Waals surface area contributed by atoms with Crippen LogP contribution in [-0.4, -0.2) is 50.4 Å². The number of aliphatic hydroxyl groups is 2. The largest absolute Gasteiger partial charge is 0.394 e. The molecule has 0 aromatic carbocycles. The van der Waals surface area contributed by atoms with Gasteiger partial charge in [0.15, 0.2) is 5.69 Å². The molecule has 1 fully saturated rings. The first-order valence-corrected chi connectivity index (χ1v) is 6.44. The molecule has 0 radical (unpaired) electrons. The third-order valence-electron chi connectivity index (χ3n) is 3.52. The molecule has 0 spiro atoms. The van der Waals surface area contributed by atoms with Gasteiger partial charge in [-0.15, -0.1) is 0 Å². The molecule has 1 amide bonds. The fourth-order valence-electron chi connectivity index (χ4n) is 2.48. The van der Waals surface area contributed by atoms with Gasteiger partial charge in [0.2, 0.25) is 5.91 Å². The summed E-state index contributed by atoms with van der Waals surface area (Å²) in [5.74, 6) is -2.24. The minimum atomic E-state index is -1.83. The van der Waals surface area contributed by atoms with Crippen molar-refractivity contribution in [2.24, 2.45) is 10.8 Å². The van der Waals surface area contributed by atoms with Gasteiger partial charge in [-0.3, -0.25) is 15.1 Å². The number of nitrogens with zero attached hydrogens (tertiary/aromatic N) is 5. The van der Waals surface area contributed by atoms with Crippen molar-refractivity contribution in [3.8, 4) is 0 Å². The van der Waals surface area contributed by atoms with E-state index in [0.29, 0.717) is 0 Å². The van der Waals surface area contributed by atoms with Crippen LogP contribution in [0.4, 0.5) is 5.82 Å². The van der Waals surface area contributed by atoms with Crippen LogP contribution in [0.1, 0.15) is 23.1 Å². The van der Waals surface area contributed by atoms with Gasteiger partial charge in [0, 0.05) is 11.3 Å². The summed E-state index contributed by atoms with van der Waals surface area (Å²) >= 11 is 0. The summed E-state index contributed by atoms with van der Waals surface area (Å²) in [6.45, 7) is -0.331. The van der Waals surface area contributed by atoms with Crippen molar-refractivity contribution in [3.05, 3.63) is 22.5 Å². The predicted molar refractivity (Wildman–Crippen MR) is 71.0 cm³/mol. The number of fused-ring (bicyclic) bond motifs is 1. The maximum atomic E-state index is 12.0. The van der Waals surface area contributed by atoms with Crippen LogP contribution in [0, 0.1) is 0 Å². The average Bonchev–Trinajstić information content (AvgIpc) is 3.01. The zero-order valence-corrected chi connectivity index (χ0v) is 11.2. The van der Waals surface area contributed by atoms with Crippen molar-refractivity contribution in [2.45, 2.75) is 30.8 Å². The Morgan fingerprint density at radius 1 is 1.68 bits per heavy atom. The number of carbonyl (C=O) groups is 1. The van der Waals surface area contributed by atoms with Crippen molar-refractivity contribution in [2.75, 3.05) is 11.9 Å². The Kier molecular flexibility index (Phi) is 3.39. The van der Waals surface area contributed by atoms with Crippen LogP contribution in [-0.2, 0) is 4.74 Å². The minimum absolute atomic E-state index is 0.0553. The van der Waals surface area contributed by atoms with Crippen molar-refractivity contribution in [1.82, 2.24) is 14.9 Å². The highest BCUT2D eigenvalue weighted by molar-refractivity contribution is 5.99. The number of hydrogen-bond acceptors (Lipinski definition) is 8. The number of nitrogens with one attached hydrogen (secondary N) is 2. The van der Waals surface area contributed by atoms with E-state index in [1.807, 2.05) is 0 Å². The van der Waals surface area contributed by atoms with Crippen molar-refractivity contribution in [3.63, 3.8) is 0 Å². The summed E-state index contributed by atoms with van der Waals surface area (Å²) in [5.41, 5.74) is 14.3. The Balaban J connectivity index is 1.94. The molecule has 12 nitrogen and oxygen atoms in total. The fraction of sp³-hybridized carbons (Fsp3) is 0.600. The molecule has 0 aliphatic carbocycles. The van der Waals surface area contributed by atoms with E-state index >= 15 is 0 Å². The van der Waals surface area contributed by atoms with Crippen LogP contribution in [0.3, 0.4) is 0 Å². The van der Waals surface area contributed by atoms with E-state index in [2.05, 4.69) is 25.6 Å².